The molecule has 25 heavy (non-hydrogen) atoms. The number of nitrogens with zero attached hydrogens (tertiary/aromatic N) is 2. The largest absolute Gasteiger partial charge is 0.497 e. The Morgan fingerprint density at radius 3 is 2.80 bits per heavy atom. The number of methoxy groups -OCH3 is 1. The van der Waals surface area contributed by atoms with Crippen LogP contribution in [0, 0.1) is 13.8 Å². The standard InChI is InChI=1S/C19H20N2O2S2/c1-5-16-20-18(17-11(2)12(3)25-19(17)21-16)24-10-15(22)13-7-6-8-14(9-13)23-4/h6-9H,5,10H2,1-4H3. The van der Waals surface area contributed by atoms with Gasteiger partial charge in [0.1, 0.15) is 21.4 Å². The maximum Gasteiger partial charge on any atom is 0.173 e. The molecule has 0 N–H and O–H groups in total. The van der Waals surface area contributed by atoms with Crippen molar-refractivity contribution in [3.63, 3.8) is 0 Å². The number of thiophene rings is 1. The van der Waals surface area contributed by atoms with Gasteiger partial charge in [-0.05, 0) is 31.5 Å². The van der Waals surface area contributed by atoms with Crippen LogP contribution in [0.3, 0.4) is 0 Å². The number of aryl methyl sites for hydroxylation is 3. The van der Waals surface area contributed by atoms with E-state index in [1.54, 1.807) is 24.5 Å². The minimum atomic E-state index is 0.0679. The number of carbonyl (C=O) groups excluding carboxylic acids is 1. The van der Waals surface area contributed by atoms with Crippen molar-refractivity contribution < 1.29 is 9.53 Å². The van der Waals surface area contributed by atoms with E-state index in [9.17, 15) is 4.79 Å². The number of hydrogen-bond acceptors (Lipinski definition) is 6. The van der Waals surface area contributed by atoms with E-state index < -0.39 is 0 Å². The van der Waals surface area contributed by atoms with Crippen LogP contribution in [0.25, 0.3) is 10.2 Å². The van der Waals surface area contributed by atoms with Gasteiger partial charge in [-0.15, -0.1) is 11.3 Å². The Balaban J connectivity index is 1.88. The molecule has 130 valence electrons. The van der Waals surface area contributed by atoms with Crippen LogP contribution in [0.15, 0.2) is 29.3 Å². The van der Waals surface area contributed by atoms with Crippen molar-refractivity contribution in [1.29, 1.82) is 0 Å². The van der Waals surface area contributed by atoms with Crippen LogP contribution in [0.2, 0.25) is 0 Å². The number of fused-ring (bicyclic) bond motifs is 1. The van der Waals surface area contributed by atoms with E-state index >= 15 is 0 Å². The van der Waals surface area contributed by atoms with Crippen LogP contribution in [0.1, 0.15) is 33.5 Å². The average molecular weight is 373 g/mol. The number of carbonyl (C=O) groups is 1. The summed E-state index contributed by atoms with van der Waals surface area (Å²) in [5.74, 6) is 1.93. The Labute approximate surface area is 155 Å². The first-order valence-corrected chi connectivity index (χ1v) is 9.90. The fourth-order valence-electron chi connectivity index (χ4n) is 2.53. The number of ether oxygens (including phenoxy) is 1. The molecule has 0 aliphatic heterocycles. The van der Waals surface area contributed by atoms with Crippen molar-refractivity contribution in [2.75, 3.05) is 12.9 Å². The molecule has 0 atom stereocenters. The summed E-state index contributed by atoms with van der Waals surface area (Å²) in [4.78, 5) is 24.1. The van der Waals surface area contributed by atoms with E-state index in [1.807, 2.05) is 25.1 Å². The number of ketones is 1. The molecule has 0 fully saturated rings. The van der Waals surface area contributed by atoms with Crippen molar-refractivity contribution in [2.45, 2.75) is 32.2 Å². The van der Waals surface area contributed by atoms with Gasteiger partial charge in [0.05, 0.1) is 12.9 Å². The fourth-order valence-corrected chi connectivity index (χ4v) is 4.64. The zero-order valence-electron chi connectivity index (χ0n) is 14.8. The molecule has 6 heteroatoms. The lowest BCUT2D eigenvalue weighted by Gasteiger charge is -2.07. The normalized spacial score (nSPS) is 11.0. The van der Waals surface area contributed by atoms with Crippen LogP contribution < -0.4 is 4.74 Å². The lowest BCUT2D eigenvalue weighted by molar-refractivity contribution is 0.102. The van der Waals surface area contributed by atoms with Crippen LogP contribution in [0.4, 0.5) is 0 Å². The first kappa shape index (κ1) is 17.9. The van der Waals surface area contributed by atoms with Crippen LogP contribution in [0.5, 0.6) is 5.75 Å². The summed E-state index contributed by atoms with van der Waals surface area (Å²) in [5.41, 5.74) is 1.87. The van der Waals surface area contributed by atoms with E-state index in [1.165, 1.54) is 22.2 Å². The van der Waals surface area contributed by atoms with Gasteiger partial charge in [0.2, 0.25) is 0 Å². The van der Waals surface area contributed by atoms with E-state index in [0.29, 0.717) is 17.1 Å². The van der Waals surface area contributed by atoms with E-state index in [-0.39, 0.29) is 5.78 Å². The van der Waals surface area contributed by atoms with Gasteiger partial charge >= 0.3 is 0 Å². The Morgan fingerprint density at radius 1 is 1.28 bits per heavy atom. The number of aromatic nitrogens is 2. The predicted octanol–water partition coefficient (Wildman–Crippen LogP) is 4.85. The molecule has 3 rings (SSSR count). The SMILES string of the molecule is CCc1nc(SCC(=O)c2cccc(OC)c2)c2c(C)c(C)sc2n1. The highest BCUT2D eigenvalue weighted by Crippen LogP contribution is 2.35. The highest BCUT2D eigenvalue weighted by atomic mass is 32.2. The molecular formula is C19H20N2O2S2. The molecular weight excluding hydrogens is 352 g/mol. The molecule has 4 nitrogen and oxygen atoms in total. The predicted molar refractivity (Wildman–Crippen MR) is 104 cm³/mol. The van der Waals surface area contributed by atoms with Gasteiger partial charge < -0.3 is 4.74 Å². The summed E-state index contributed by atoms with van der Waals surface area (Å²) in [6.07, 6.45) is 0.781. The average Bonchev–Trinajstić information content (AvgIpc) is 2.93. The summed E-state index contributed by atoms with van der Waals surface area (Å²) in [7, 11) is 1.60. The van der Waals surface area contributed by atoms with Crippen LogP contribution >= 0.6 is 23.1 Å². The lowest BCUT2D eigenvalue weighted by Crippen LogP contribution is -2.04. The molecule has 0 spiro atoms. The second-order valence-electron chi connectivity index (χ2n) is 5.71. The summed E-state index contributed by atoms with van der Waals surface area (Å²) in [6.45, 7) is 6.24. The highest BCUT2D eigenvalue weighted by Gasteiger charge is 2.16. The first-order valence-electron chi connectivity index (χ1n) is 8.10. The van der Waals surface area contributed by atoms with Crippen molar-refractivity contribution >= 4 is 39.1 Å². The Morgan fingerprint density at radius 2 is 2.08 bits per heavy atom. The number of benzene rings is 1. The maximum absolute atomic E-state index is 12.5. The van der Waals surface area contributed by atoms with E-state index in [2.05, 4.69) is 23.8 Å². The quantitative estimate of drug-likeness (QED) is 0.351. The summed E-state index contributed by atoms with van der Waals surface area (Å²) in [6, 6.07) is 7.26. The van der Waals surface area contributed by atoms with Gasteiger partial charge in [0, 0.05) is 22.2 Å². The van der Waals surface area contributed by atoms with Crippen molar-refractivity contribution in [3.05, 3.63) is 46.1 Å². The van der Waals surface area contributed by atoms with Gasteiger partial charge in [-0.1, -0.05) is 30.8 Å². The number of rotatable bonds is 6. The molecule has 0 saturated carbocycles. The molecule has 2 heterocycles. The summed E-state index contributed by atoms with van der Waals surface area (Å²) < 4.78 is 5.20. The topological polar surface area (TPSA) is 52.1 Å². The molecule has 0 aliphatic carbocycles. The highest BCUT2D eigenvalue weighted by molar-refractivity contribution is 8.00. The van der Waals surface area contributed by atoms with Gasteiger partial charge in [0.25, 0.3) is 0 Å². The third kappa shape index (κ3) is 3.70. The second-order valence-corrected chi connectivity index (χ2v) is 7.87. The Kier molecular flexibility index (Phi) is 5.39. The minimum Gasteiger partial charge on any atom is -0.497 e. The van der Waals surface area contributed by atoms with Gasteiger partial charge in [-0.3, -0.25) is 4.79 Å². The molecule has 0 bridgehead atoms. The van der Waals surface area contributed by atoms with Crippen LogP contribution in [-0.2, 0) is 6.42 Å². The van der Waals surface area contributed by atoms with Crippen molar-refractivity contribution in [1.82, 2.24) is 9.97 Å². The summed E-state index contributed by atoms with van der Waals surface area (Å²) in [5, 5.41) is 1.99. The molecule has 3 aromatic rings. The molecule has 0 radical (unpaired) electrons. The second kappa shape index (κ2) is 7.54. The van der Waals surface area contributed by atoms with Crippen LogP contribution in [-0.4, -0.2) is 28.6 Å². The molecule has 0 amide bonds. The van der Waals surface area contributed by atoms with E-state index in [4.69, 9.17) is 4.74 Å². The zero-order chi connectivity index (χ0) is 18.0. The monoisotopic (exact) mass is 372 g/mol. The molecule has 2 aromatic heterocycles. The fraction of sp³-hybridized carbons (Fsp3) is 0.316. The molecule has 1 aromatic carbocycles. The first-order chi connectivity index (χ1) is 12.0. The maximum atomic E-state index is 12.5. The molecule has 0 aliphatic rings. The Hall–Kier alpha value is -1.92. The lowest BCUT2D eigenvalue weighted by atomic mass is 10.1. The van der Waals surface area contributed by atoms with Gasteiger partial charge in [0.15, 0.2) is 5.78 Å². The molecule has 0 unspecified atom stereocenters. The Bertz CT molecular complexity index is 935. The number of hydrogen-bond donors (Lipinski definition) is 0. The minimum absolute atomic E-state index is 0.0679. The third-order valence-electron chi connectivity index (χ3n) is 4.09. The number of Topliss-reactive ketones (excluding diaryl/α,β-unsaturated/α-hetero) is 1. The van der Waals surface area contributed by atoms with Crippen molar-refractivity contribution in [3.8, 4) is 5.75 Å². The number of thioether (sulfide) groups is 1. The summed E-state index contributed by atoms with van der Waals surface area (Å²) >= 11 is 3.18. The van der Waals surface area contributed by atoms with Crippen molar-refractivity contribution in [2.24, 2.45) is 0 Å². The van der Waals surface area contributed by atoms with Gasteiger partial charge in [-0.25, -0.2) is 9.97 Å². The molecule has 0 saturated heterocycles. The third-order valence-corrected chi connectivity index (χ3v) is 6.17. The van der Waals surface area contributed by atoms with Gasteiger partial charge in [-0.2, -0.15) is 0 Å². The van der Waals surface area contributed by atoms with E-state index in [0.717, 1.165) is 27.5 Å². The smallest absolute Gasteiger partial charge is 0.173 e. The zero-order valence-corrected chi connectivity index (χ0v) is 16.4.